The van der Waals surface area contributed by atoms with Crippen molar-refractivity contribution < 1.29 is 19.3 Å². The van der Waals surface area contributed by atoms with Crippen molar-refractivity contribution in [2.45, 2.75) is 0 Å². The summed E-state index contributed by atoms with van der Waals surface area (Å²) in [5.74, 6) is 0.980. The number of hydrogen-bond acceptors (Lipinski definition) is 2. The van der Waals surface area contributed by atoms with Crippen molar-refractivity contribution in [2.75, 3.05) is 51.2 Å². The fourth-order valence-electron chi connectivity index (χ4n) is 3.18. The molecular weight excluding hydrogens is 350 g/mol. The Balaban J connectivity index is 1.33. The monoisotopic (exact) mass is 375 g/mol. The first-order chi connectivity index (χ1) is 12.7. The Kier molecular flexibility index (Phi) is 6.89. The van der Waals surface area contributed by atoms with Gasteiger partial charge >= 0.3 is 0 Å². The average Bonchev–Trinajstić information content (AvgIpc) is 2.66. The van der Waals surface area contributed by atoms with Gasteiger partial charge in [0.05, 0.1) is 0 Å². The molecule has 1 aliphatic heterocycles. The van der Waals surface area contributed by atoms with Gasteiger partial charge < -0.3 is 19.9 Å². The lowest BCUT2D eigenvalue weighted by Gasteiger charge is -2.29. The molecule has 1 saturated heterocycles. The molecular formula is C20H26ClN3O2+2. The lowest BCUT2D eigenvalue weighted by Crippen LogP contribution is -3.28. The molecule has 1 heterocycles. The number of benzene rings is 2. The quantitative estimate of drug-likeness (QED) is 0.645. The zero-order chi connectivity index (χ0) is 18.2. The molecule has 2 aromatic rings. The fraction of sp³-hybridized carbons (Fsp3) is 0.350. The van der Waals surface area contributed by atoms with Crippen LogP contribution in [-0.2, 0) is 4.79 Å². The minimum absolute atomic E-state index is 0.0539. The van der Waals surface area contributed by atoms with Crippen LogP contribution in [-0.4, -0.2) is 51.8 Å². The Bertz CT molecular complexity index is 686. The van der Waals surface area contributed by atoms with E-state index in [1.807, 2.05) is 42.5 Å². The first-order valence-corrected chi connectivity index (χ1v) is 9.47. The third-order valence-electron chi connectivity index (χ3n) is 4.67. The molecule has 26 heavy (non-hydrogen) atoms. The van der Waals surface area contributed by atoms with E-state index in [-0.39, 0.29) is 5.91 Å². The van der Waals surface area contributed by atoms with E-state index in [2.05, 4.69) is 5.32 Å². The van der Waals surface area contributed by atoms with Crippen LogP contribution in [0, 0.1) is 0 Å². The smallest absolute Gasteiger partial charge is 0.279 e. The second-order valence-electron chi connectivity index (χ2n) is 6.64. The number of ether oxygens (including phenoxy) is 1. The average molecular weight is 376 g/mol. The van der Waals surface area contributed by atoms with E-state index >= 15 is 0 Å². The van der Waals surface area contributed by atoms with Crippen LogP contribution in [0.3, 0.4) is 0 Å². The lowest BCUT2D eigenvalue weighted by molar-refractivity contribution is -1.01. The number of amides is 1. The summed E-state index contributed by atoms with van der Waals surface area (Å²) in [6.45, 7) is 6.40. The predicted octanol–water partition coefficient (Wildman–Crippen LogP) is 0.141. The van der Waals surface area contributed by atoms with Crippen molar-refractivity contribution in [1.82, 2.24) is 0 Å². The van der Waals surface area contributed by atoms with E-state index in [1.54, 1.807) is 17.0 Å². The van der Waals surface area contributed by atoms with E-state index in [0.717, 1.165) is 50.8 Å². The maximum absolute atomic E-state index is 12.2. The number of carbonyl (C=O) groups is 1. The van der Waals surface area contributed by atoms with Crippen LogP contribution in [0.25, 0.3) is 0 Å². The van der Waals surface area contributed by atoms with E-state index in [4.69, 9.17) is 16.3 Å². The third-order valence-corrected chi connectivity index (χ3v) is 4.92. The van der Waals surface area contributed by atoms with Gasteiger partial charge in [0.15, 0.2) is 6.54 Å². The summed E-state index contributed by atoms with van der Waals surface area (Å²) in [6.07, 6.45) is 0. The predicted molar refractivity (Wildman–Crippen MR) is 103 cm³/mol. The highest BCUT2D eigenvalue weighted by Gasteiger charge is 2.24. The van der Waals surface area contributed by atoms with Gasteiger partial charge in [-0.05, 0) is 36.4 Å². The minimum atomic E-state index is 0.0539. The van der Waals surface area contributed by atoms with Crippen molar-refractivity contribution in [3.8, 4) is 5.75 Å². The zero-order valence-corrected chi connectivity index (χ0v) is 15.6. The molecule has 1 aliphatic rings. The molecule has 0 radical (unpaired) electrons. The van der Waals surface area contributed by atoms with Crippen LogP contribution in [0.2, 0.25) is 5.02 Å². The van der Waals surface area contributed by atoms with Gasteiger partial charge in [0, 0.05) is 10.7 Å². The summed E-state index contributed by atoms with van der Waals surface area (Å²) < 4.78 is 5.77. The number of hydrogen-bond donors (Lipinski definition) is 3. The summed E-state index contributed by atoms with van der Waals surface area (Å²) in [5, 5.41) is 3.61. The van der Waals surface area contributed by atoms with Crippen molar-refractivity contribution in [1.29, 1.82) is 0 Å². The Hall–Kier alpha value is -2.08. The topological polar surface area (TPSA) is 47.2 Å². The van der Waals surface area contributed by atoms with Crippen LogP contribution in [0.1, 0.15) is 0 Å². The van der Waals surface area contributed by atoms with E-state index < -0.39 is 0 Å². The molecule has 0 spiro atoms. The maximum atomic E-state index is 12.2. The van der Waals surface area contributed by atoms with Gasteiger partial charge in [-0.15, -0.1) is 0 Å². The second-order valence-corrected chi connectivity index (χ2v) is 7.08. The van der Waals surface area contributed by atoms with Gasteiger partial charge in [-0.25, -0.2) is 0 Å². The molecule has 1 amide bonds. The van der Waals surface area contributed by atoms with E-state index in [1.165, 1.54) is 4.90 Å². The molecule has 3 N–H and O–H groups in total. The van der Waals surface area contributed by atoms with Crippen molar-refractivity contribution in [2.24, 2.45) is 0 Å². The number of carbonyl (C=O) groups excluding carboxylic acids is 1. The Morgan fingerprint density at radius 2 is 1.62 bits per heavy atom. The molecule has 1 fully saturated rings. The SMILES string of the molecule is O=C(C[NH+]1CC[NH+](CCOc2ccccc2)CC1)Nc1ccc(Cl)cc1. The normalized spacial score (nSPS) is 19.7. The molecule has 3 rings (SSSR count). The van der Waals surface area contributed by atoms with Crippen LogP contribution in [0.5, 0.6) is 5.75 Å². The number of quaternary nitrogens is 2. The first-order valence-electron chi connectivity index (χ1n) is 9.09. The van der Waals surface area contributed by atoms with Crippen LogP contribution in [0.15, 0.2) is 54.6 Å². The Morgan fingerprint density at radius 3 is 2.31 bits per heavy atom. The Labute approximate surface area is 159 Å². The molecule has 0 aromatic heterocycles. The summed E-state index contributed by atoms with van der Waals surface area (Å²) in [7, 11) is 0. The lowest BCUT2D eigenvalue weighted by atomic mass is 10.3. The largest absolute Gasteiger partial charge is 0.488 e. The molecule has 0 saturated carbocycles. The van der Waals surface area contributed by atoms with Crippen molar-refractivity contribution >= 4 is 23.2 Å². The number of halogens is 1. The van der Waals surface area contributed by atoms with Crippen LogP contribution < -0.4 is 19.9 Å². The molecule has 5 nitrogen and oxygen atoms in total. The van der Waals surface area contributed by atoms with Gasteiger partial charge in [0.2, 0.25) is 0 Å². The maximum Gasteiger partial charge on any atom is 0.279 e. The van der Waals surface area contributed by atoms with Gasteiger partial charge in [-0.3, -0.25) is 4.79 Å². The number of piperazine rings is 1. The zero-order valence-electron chi connectivity index (χ0n) is 14.8. The van der Waals surface area contributed by atoms with Gasteiger partial charge in [0.25, 0.3) is 5.91 Å². The summed E-state index contributed by atoms with van der Waals surface area (Å²) >= 11 is 5.86. The summed E-state index contributed by atoms with van der Waals surface area (Å²) in [4.78, 5) is 15.1. The van der Waals surface area contributed by atoms with Gasteiger partial charge in [0.1, 0.15) is 45.1 Å². The summed E-state index contributed by atoms with van der Waals surface area (Å²) in [5.41, 5.74) is 0.793. The van der Waals surface area contributed by atoms with Crippen molar-refractivity contribution in [3.63, 3.8) is 0 Å². The number of rotatable bonds is 7. The van der Waals surface area contributed by atoms with E-state index in [9.17, 15) is 4.79 Å². The molecule has 6 heteroatoms. The fourth-order valence-corrected chi connectivity index (χ4v) is 3.31. The molecule has 0 bridgehead atoms. The molecule has 2 aromatic carbocycles. The van der Waals surface area contributed by atoms with Crippen molar-refractivity contribution in [3.05, 3.63) is 59.6 Å². The molecule has 138 valence electrons. The summed E-state index contributed by atoms with van der Waals surface area (Å²) in [6, 6.07) is 17.1. The number of nitrogens with one attached hydrogen (secondary N) is 3. The number of para-hydroxylation sites is 1. The van der Waals surface area contributed by atoms with E-state index in [0.29, 0.717) is 11.6 Å². The molecule has 0 unspecified atom stereocenters. The highest BCUT2D eigenvalue weighted by molar-refractivity contribution is 6.30. The van der Waals surface area contributed by atoms with Crippen LogP contribution in [0.4, 0.5) is 5.69 Å². The standard InChI is InChI=1S/C20H24ClN3O2/c21-17-6-8-18(9-7-17)22-20(25)16-24-12-10-23(11-13-24)14-15-26-19-4-2-1-3-5-19/h1-9H,10-16H2,(H,22,25)/p+2. The van der Waals surface area contributed by atoms with Gasteiger partial charge in [-0.2, -0.15) is 0 Å². The number of anilines is 1. The highest BCUT2D eigenvalue weighted by Crippen LogP contribution is 2.12. The first kappa shape index (κ1) is 18.7. The van der Waals surface area contributed by atoms with Crippen LogP contribution >= 0.6 is 11.6 Å². The second kappa shape index (κ2) is 9.57. The molecule has 0 aliphatic carbocycles. The minimum Gasteiger partial charge on any atom is -0.488 e. The molecule has 0 atom stereocenters. The highest BCUT2D eigenvalue weighted by atomic mass is 35.5. The Morgan fingerprint density at radius 1 is 0.962 bits per heavy atom. The van der Waals surface area contributed by atoms with Gasteiger partial charge in [-0.1, -0.05) is 29.8 Å². The third kappa shape index (κ3) is 6.02.